The van der Waals surface area contributed by atoms with Gasteiger partial charge in [0.1, 0.15) is 0 Å². The highest BCUT2D eigenvalue weighted by Gasteiger charge is 2.53. The molecule has 3 atom stereocenters. The molecule has 2 aliphatic carbocycles. The number of hydrogen-bond donors (Lipinski definition) is 2. The van der Waals surface area contributed by atoms with Crippen LogP contribution in [0.4, 0.5) is 5.69 Å². The number of anilines is 1. The van der Waals surface area contributed by atoms with Crippen molar-refractivity contribution in [3.63, 3.8) is 0 Å². The first-order valence-corrected chi connectivity index (χ1v) is 9.25. The van der Waals surface area contributed by atoms with Crippen molar-refractivity contribution < 1.29 is 14.1 Å². The number of fused-ring (bicyclic) bond motifs is 2. The molecule has 136 valence electrons. The van der Waals surface area contributed by atoms with Gasteiger partial charge in [-0.25, -0.2) is 0 Å². The normalized spacial score (nSPS) is 29.9. The molecule has 3 N–H and O–H groups in total. The van der Waals surface area contributed by atoms with E-state index in [1.807, 2.05) is 24.3 Å². The largest absolute Gasteiger partial charge is 0.373 e. The summed E-state index contributed by atoms with van der Waals surface area (Å²) in [6.45, 7) is 1.24. The Morgan fingerprint density at radius 3 is 3.00 bits per heavy atom. The second kappa shape index (κ2) is 5.89. The number of benzene rings is 1. The zero-order chi connectivity index (χ0) is 17.7. The molecule has 2 bridgehead atoms. The summed E-state index contributed by atoms with van der Waals surface area (Å²) >= 11 is 0. The van der Waals surface area contributed by atoms with Crippen molar-refractivity contribution in [2.75, 3.05) is 18.5 Å². The Labute approximate surface area is 151 Å². The van der Waals surface area contributed by atoms with Crippen LogP contribution in [0.15, 0.2) is 28.8 Å². The van der Waals surface area contributed by atoms with Crippen molar-refractivity contribution in [3.05, 3.63) is 30.2 Å². The molecular weight excluding hydrogens is 332 g/mol. The predicted molar refractivity (Wildman–Crippen MR) is 94.3 cm³/mol. The van der Waals surface area contributed by atoms with Crippen molar-refractivity contribution in [1.82, 2.24) is 10.1 Å². The van der Waals surface area contributed by atoms with Gasteiger partial charge in [0.05, 0.1) is 12.2 Å². The van der Waals surface area contributed by atoms with E-state index in [4.69, 9.17) is 15.0 Å². The summed E-state index contributed by atoms with van der Waals surface area (Å²) in [6, 6.07) is 7.58. The van der Waals surface area contributed by atoms with E-state index in [1.54, 1.807) is 0 Å². The second-order valence-corrected chi connectivity index (χ2v) is 7.77. The van der Waals surface area contributed by atoms with Crippen LogP contribution >= 0.6 is 0 Å². The smallest absolute Gasteiger partial charge is 0.230 e. The van der Waals surface area contributed by atoms with E-state index >= 15 is 0 Å². The number of carbonyl (C=O) groups is 1. The lowest BCUT2D eigenvalue weighted by molar-refractivity contribution is -0.117. The minimum absolute atomic E-state index is 0.0880. The molecule has 0 unspecified atom stereocenters. The second-order valence-electron chi connectivity index (χ2n) is 7.77. The minimum Gasteiger partial charge on any atom is -0.373 e. The van der Waals surface area contributed by atoms with Crippen LogP contribution in [0.25, 0.3) is 11.4 Å². The van der Waals surface area contributed by atoms with Crippen molar-refractivity contribution in [2.45, 2.75) is 37.2 Å². The number of amides is 1. The third-order valence-electron chi connectivity index (χ3n) is 5.87. The topological polar surface area (TPSA) is 103 Å². The van der Waals surface area contributed by atoms with Crippen LogP contribution in [-0.2, 0) is 9.53 Å². The van der Waals surface area contributed by atoms with E-state index in [0.29, 0.717) is 30.8 Å². The Balaban J connectivity index is 1.35. The molecule has 1 aliphatic heterocycles. The molecule has 0 spiro atoms. The first-order chi connectivity index (χ1) is 12.7. The summed E-state index contributed by atoms with van der Waals surface area (Å²) in [5.41, 5.74) is 7.29. The van der Waals surface area contributed by atoms with Crippen molar-refractivity contribution in [2.24, 2.45) is 17.6 Å². The molecule has 2 aromatic rings. The number of nitrogens with two attached hydrogens (primary N) is 1. The molecule has 1 aromatic carbocycles. The van der Waals surface area contributed by atoms with E-state index in [1.165, 1.54) is 0 Å². The fraction of sp³-hybridized carbons (Fsp3) is 0.526. The van der Waals surface area contributed by atoms with Crippen LogP contribution < -0.4 is 11.1 Å². The maximum atomic E-state index is 11.9. The fourth-order valence-corrected chi connectivity index (χ4v) is 4.19. The SMILES string of the molecule is NC[C@@]12C[C@H](CO1)[C@@H](c1nc(-c3cccc(NC(=O)C4CC4)c3)no1)C2. The molecule has 2 saturated carbocycles. The first kappa shape index (κ1) is 16.0. The summed E-state index contributed by atoms with van der Waals surface area (Å²) in [4.78, 5) is 16.6. The molecule has 3 fully saturated rings. The molecule has 0 radical (unpaired) electrons. The highest BCUT2D eigenvalue weighted by atomic mass is 16.5. The van der Waals surface area contributed by atoms with E-state index in [2.05, 4.69) is 15.5 Å². The van der Waals surface area contributed by atoms with Gasteiger partial charge >= 0.3 is 0 Å². The molecule has 7 nitrogen and oxygen atoms in total. The lowest BCUT2D eigenvalue weighted by Crippen LogP contribution is -2.37. The monoisotopic (exact) mass is 354 g/mol. The Morgan fingerprint density at radius 2 is 2.23 bits per heavy atom. The summed E-state index contributed by atoms with van der Waals surface area (Å²) in [5, 5.41) is 7.11. The summed E-state index contributed by atoms with van der Waals surface area (Å²) in [7, 11) is 0. The van der Waals surface area contributed by atoms with Gasteiger partial charge in [0.15, 0.2) is 0 Å². The Kier molecular flexibility index (Phi) is 3.62. The maximum Gasteiger partial charge on any atom is 0.230 e. The Bertz CT molecular complexity index is 847. The number of nitrogens with zero attached hydrogens (tertiary/aromatic N) is 2. The van der Waals surface area contributed by atoms with Crippen molar-refractivity contribution >= 4 is 11.6 Å². The molecule has 3 aliphatic rings. The van der Waals surface area contributed by atoms with E-state index in [9.17, 15) is 4.79 Å². The van der Waals surface area contributed by atoms with Gasteiger partial charge in [-0.2, -0.15) is 4.98 Å². The highest BCUT2D eigenvalue weighted by molar-refractivity contribution is 5.94. The molecular formula is C19H22N4O3. The van der Waals surface area contributed by atoms with Crippen molar-refractivity contribution in [3.8, 4) is 11.4 Å². The summed E-state index contributed by atoms with van der Waals surface area (Å²) in [5.74, 6) is 2.08. The first-order valence-electron chi connectivity index (χ1n) is 9.25. The van der Waals surface area contributed by atoms with E-state index in [0.717, 1.165) is 36.9 Å². The molecule has 1 saturated heterocycles. The number of ether oxygens (including phenoxy) is 1. The van der Waals surface area contributed by atoms with Gasteiger partial charge in [-0.15, -0.1) is 0 Å². The number of nitrogens with one attached hydrogen (secondary N) is 1. The zero-order valence-corrected chi connectivity index (χ0v) is 14.5. The molecule has 7 heteroatoms. The standard InChI is InChI=1S/C19H22N4O3/c20-10-19-7-13(9-25-19)15(8-19)18-22-16(23-26-18)12-2-1-3-14(6-12)21-17(24)11-4-5-11/h1-3,6,11,13,15H,4-5,7-10,20H2,(H,21,24)/t13-,15+,19+/m1/s1. The Morgan fingerprint density at radius 1 is 1.35 bits per heavy atom. The van der Waals surface area contributed by atoms with Crippen LogP contribution in [0.1, 0.15) is 37.5 Å². The van der Waals surface area contributed by atoms with Gasteiger partial charge in [-0.1, -0.05) is 17.3 Å². The van der Waals surface area contributed by atoms with Crippen LogP contribution in [0.2, 0.25) is 0 Å². The van der Waals surface area contributed by atoms with Gasteiger partial charge in [0, 0.05) is 29.6 Å². The minimum atomic E-state index is -0.211. The van der Waals surface area contributed by atoms with Gasteiger partial charge in [-0.05, 0) is 43.7 Å². The molecule has 1 aromatic heterocycles. The van der Waals surface area contributed by atoms with Gasteiger partial charge in [0.25, 0.3) is 0 Å². The number of rotatable bonds is 5. The van der Waals surface area contributed by atoms with Crippen molar-refractivity contribution in [1.29, 1.82) is 0 Å². The number of aromatic nitrogens is 2. The van der Waals surface area contributed by atoms with Gasteiger partial charge < -0.3 is 20.3 Å². The lowest BCUT2D eigenvalue weighted by Gasteiger charge is -2.27. The van der Waals surface area contributed by atoms with Crippen LogP contribution in [0.3, 0.4) is 0 Å². The average Bonchev–Trinajstić information content (AvgIpc) is 3.12. The number of hydrogen-bond acceptors (Lipinski definition) is 6. The van der Waals surface area contributed by atoms with E-state index in [-0.39, 0.29) is 23.3 Å². The van der Waals surface area contributed by atoms with Crippen LogP contribution in [0, 0.1) is 11.8 Å². The molecule has 5 rings (SSSR count). The zero-order valence-electron chi connectivity index (χ0n) is 14.5. The average molecular weight is 354 g/mol. The quantitative estimate of drug-likeness (QED) is 0.854. The Hall–Kier alpha value is -2.25. The third kappa shape index (κ3) is 2.71. The molecule has 2 heterocycles. The third-order valence-corrected chi connectivity index (χ3v) is 5.87. The lowest BCUT2D eigenvalue weighted by atomic mass is 9.95. The number of carbonyl (C=O) groups excluding carboxylic acids is 1. The molecule has 26 heavy (non-hydrogen) atoms. The van der Waals surface area contributed by atoms with Crippen LogP contribution in [-0.4, -0.2) is 34.8 Å². The van der Waals surface area contributed by atoms with Gasteiger partial charge in [0.2, 0.25) is 17.6 Å². The van der Waals surface area contributed by atoms with E-state index < -0.39 is 0 Å². The van der Waals surface area contributed by atoms with Gasteiger partial charge in [-0.3, -0.25) is 4.79 Å². The maximum absolute atomic E-state index is 11.9. The fourth-order valence-electron chi connectivity index (χ4n) is 4.19. The highest BCUT2D eigenvalue weighted by Crippen LogP contribution is 2.51. The summed E-state index contributed by atoms with van der Waals surface area (Å²) < 4.78 is 11.4. The molecule has 1 amide bonds. The van der Waals surface area contributed by atoms with Crippen LogP contribution in [0.5, 0.6) is 0 Å². The summed E-state index contributed by atoms with van der Waals surface area (Å²) in [6.07, 6.45) is 3.77. The predicted octanol–water partition coefficient (Wildman–Crippen LogP) is 2.31.